The van der Waals surface area contributed by atoms with Gasteiger partial charge >= 0.3 is 12.1 Å². The van der Waals surface area contributed by atoms with Crippen LogP contribution in [0, 0.1) is 5.92 Å². The molecule has 1 heterocycles. The van der Waals surface area contributed by atoms with Crippen molar-refractivity contribution in [2.75, 3.05) is 7.05 Å². The van der Waals surface area contributed by atoms with Crippen LogP contribution in [0.2, 0.25) is 0 Å². The Hall–Kier alpha value is -3.16. The Labute approximate surface area is 193 Å². The fourth-order valence-electron chi connectivity index (χ4n) is 4.77. The van der Waals surface area contributed by atoms with Gasteiger partial charge in [-0.15, -0.1) is 0 Å². The van der Waals surface area contributed by atoms with Crippen molar-refractivity contribution in [1.29, 1.82) is 0 Å². The highest BCUT2D eigenvalue weighted by atomic mass is 16.6. The smallest absolute Gasteiger partial charge is 0.410 e. The molecule has 33 heavy (non-hydrogen) atoms. The summed E-state index contributed by atoms with van der Waals surface area (Å²) < 4.78 is 11.6. The summed E-state index contributed by atoms with van der Waals surface area (Å²) in [5.41, 5.74) is 2.31. The van der Waals surface area contributed by atoms with E-state index in [9.17, 15) is 14.7 Å². The number of carbonyl (C=O) groups excluding carboxylic acids is 1. The Morgan fingerprint density at radius 1 is 1.09 bits per heavy atom. The van der Waals surface area contributed by atoms with Gasteiger partial charge in [-0.2, -0.15) is 0 Å². The lowest BCUT2D eigenvalue weighted by molar-refractivity contribution is -0.143. The van der Waals surface area contributed by atoms with Gasteiger partial charge in [-0.1, -0.05) is 12.8 Å². The molecule has 0 aliphatic heterocycles. The van der Waals surface area contributed by atoms with E-state index in [1.165, 1.54) is 6.33 Å². The predicted molar refractivity (Wildman–Crippen MR) is 122 cm³/mol. The number of amides is 1. The van der Waals surface area contributed by atoms with Gasteiger partial charge in [0.2, 0.25) is 0 Å². The molecule has 2 fully saturated rings. The first-order valence-corrected chi connectivity index (χ1v) is 11.7. The van der Waals surface area contributed by atoms with Crippen LogP contribution in [-0.2, 0) is 16.1 Å². The van der Waals surface area contributed by atoms with E-state index in [0.717, 1.165) is 49.7 Å². The van der Waals surface area contributed by atoms with Crippen molar-refractivity contribution < 1.29 is 24.2 Å². The molecule has 1 unspecified atom stereocenters. The Kier molecular flexibility index (Phi) is 7.42. The summed E-state index contributed by atoms with van der Waals surface area (Å²) in [7, 11) is 1.80. The van der Waals surface area contributed by atoms with E-state index < -0.39 is 5.97 Å². The number of aromatic nitrogens is 2. The van der Waals surface area contributed by atoms with Gasteiger partial charge in [0.15, 0.2) is 0 Å². The van der Waals surface area contributed by atoms with Gasteiger partial charge in [0.1, 0.15) is 18.7 Å². The lowest BCUT2D eigenvalue weighted by Gasteiger charge is -2.27. The lowest BCUT2D eigenvalue weighted by atomic mass is 9.87. The van der Waals surface area contributed by atoms with Crippen molar-refractivity contribution in [3.63, 3.8) is 0 Å². The molecule has 8 heteroatoms. The standard InChI is InChI=1S/C25H31N3O5/c1-28(20-6-2-3-7-20)25(31)32-15-19-14-26-16-27-23(19)17-9-11-21(12-10-17)33-22-8-4-5-18(13-22)24(29)30/h9-12,14,16,18,20,22H,2-8,13,15H2,1H3,(H,29,30)/t18-,22?/m0/s1. The highest BCUT2D eigenvalue weighted by Crippen LogP contribution is 2.30. The first-order valence-electron chi connectivity index (χ1n) is 11.7. The molecule has 176 valence electrons. The topological polar surface area (TPSA) is 102 Å². The maximum Gasteiger partial charge on any atom is 0.410 e. The fraction of sp³-hybridized carbons (Fsp3) is 0.520. The monoisotopic (exact) mass is 453 g/mol. The number of benzene rings is 1. The van der Waals surface area contributed by atoms with Crippen LogP contribution in [0.25, 0.3) is 11.3 Å². The summed E-state index contributed by atoms with van der Waals surface area (Å²) in [6.07, 6.45) is 10.1. The largest absolute Gasteiger partial charge is 0.490 e. The number of aliphatic carboxylic acids is 1. The lowest BCUT2D eigenvalue weighted by Crippen LogP contribution is -2.35. The van der Waals surface area contributed by atoms with Crippen molar-refractivity contribution >= 4 is 12.1 Å². The molecule has 1 aromatic heterocycles. The minimum absolute atomic E-state index is 0.0865. The van der Waals surface area contributed by atoms with Crippen LogP contribution in [0.15, 0.2) is 36.8 Å². The molecule has 1 aromatic carbocycles. The summed E-state index contributed by atoms with van der Waals surface area (Å²) in [4.78, 5) is 33.9. The number of ether oxygens (including phenoxy) is 2. The van der Waals surface area contributed by atoms with Gasteiger partial charge in [0, 0.05) is 30.4 Å². The highest BCUT2D eigenvalue weighted by molar-refractivity contribution is 5.70. The van der Waals surface area contributed by atoms with Crippen LogP contribution >= 0.6 is 0 Å². The molecule has 1 N–H and O–H groups in total. The average Bonchev–Trinajstić information content (AvgIpc) is 3.38. The Balaban J connectivity index is 1.38. The zero-order valence-electron chi connectivity index (χ0n) is 19.0. The van der Waals surface area contributed by atoms with Gasteiger partial charge < -0.3 is 19.5 Å². The summed E-state index contributed by atoms with van der Waals surface area (Å²) in [5.74, 6) is -0.373. The quantitative estimate of drug-likeness (QED) is 0.649. The zero-order valence-corrected chi connectivity index (χ0v) is 19.0. The number of carboxylic acids is 1. The summed E-state index contributed by atoms with van der Waals surface area (Å²) >= 11 is 0. The maximum atomic E-state index is 12.5. The van der Waals surface area contributed by atoms with Crippen molar-refractivity contribution in [3.05, 3.63) is 42.4 Å². The summed E-state index contributed by atoms with van der Waals surface area (Å²) in [5, 5.41) is 9.27. The predicted octanol–water partition coefficient (Wildman–Crippen LogP) is 4.68. The molecular weight excluding hydrogens is 422 g/mol. The Morgan fingerprint density at radius 2 is 1.85 bits per heavy atom. The van der Waals surface area contributed by atoms with Crippen molar-refractivity contribution in [2.24, 2.45) is 5.92 Å². The van der Waals surface area contributed by atoms with E-state index in [1.807, 2.05) is 24.3 Å². The van der Waals surface area contributed by atoms with Crippen molar-refractivity contribution in [3.8, 4) is 17.0 Å². The second kappa shape index (κ2) is 10.6. The molecule has 4 rings (SSSR count). The molecule has 2 saturated carbocycles. The minimum atomic E-state index is -0.745. The molecular formula is C25H31N3O5. The number of rotatable bonds is 7. The molecule has 0 radical (unpaired) electrons. The van der Waals surface area contributed by atoms with Crippen LogP contribution in [0.1, 0.15) is 56.9 Å². The molecule has 8 nitrogen and oxygen atoms in total. The Morgan fingerprint density at radius 3 is 2.58 bits per heavy atom. The molecule has 2 atom stereocenters. The number of nitrogens with zero attached hydrogens (tertiary/aromatic N) is 3. The van der Waals surface area contributed by atoms with Crippen LogP contribution in [0.5, 0.6) is 5.75 Å². The van der Waals surface area contributed by atoms with Gasteiger partial charge in [-0.3, -0.25) is 4.79 Å². The van der Waals surface area contributed by atoms with Crippen molar-refractivity contribution in [2.45, 2.75) is 70.1 Å². The second-order valence-electron chi connectivity index (χ2n) is 8.97. The van der Waals surface area contributed by atoms with Crippen LogP contribution in [-0.4, -0.2) is 51.2 Å². The normalized spacial score (nSPS) is 20.9. The number of carbonyl (C=O) groups is 2. The molecule has 0 saturated heterocycles. The number of hydrogen-bond acceptors (Lipinski definition) is 6. The molecule has 0 bridgehead atoms. The van der Waals surface area contributed by atoms with Crippen LogP contribution < -0.4 is 4.74 Å². The summed E-state index contributed by atoms with van der Waals surface area (Å²) in [6.45, 7) is 0.100. The summed E-state index contributed by atoms with van der Waals surface area (Å²) in [6, 6.07) is 7.80. The third-order valence-electron chi connectivity index (χ3n) is 6.71. The zero-order chi connectivity index (χ0) is 23.2. The van der Waals surface area contributed by atoms with Gasteiger partial charge in [-0.05, 0) is 62.8 Å². The van der Waals surface area contributed by atoms with Gasteiger partial charge in [-0.25, -0.2) is 14.8 Å². The Bertz CT molecular complexity index is 959. The molecule has 0 spiro atoms. The van der Waals surface area contributed by atoms with Gasteiger partial charge in [0.05, 0.1) is 17.7 Å². The van der Waals surface area contributed by atoms with E-state index in [2.05, 4.69) is 9.97 Å². The number of carboxylic acid groups (broad SMARTS) is 1. The first kappa shape index (κ1) is 23.0. The van der Waals surface area contributed by atoms with Crippen molar-refractivity contribution in [1.82, 2.24) is 14.9 Å². The van der Waals surface area contributed by atoms with E-state index in [1.54, 1.807) is 18.1 Å². The highest BCUT2D eigenvalue weighted by Gasteiger charge is 2.28. The van der Waals surface area contributed by atoms with E-state index in [4.69, 9.17) is 9.47 Å². The van der Waals surface area contributed by atoms with E-state index in [0.29, 0.717) is 24.3 Å². The third-order valence-corrected chi connectivity index (χ3v) is 6.71. The molecule has 1 amide bonds. The molecule has 2 aliphatic rings. The van der Waals surface area contributed by atoms with Gasteiger partial charge in [0.25, 0.3) is 0 Å². The SMILES string of the molecule is CN(C(=O)OCc1cncnc1-c1ccc(OC2CCC[C@H](C(=O)O)C2)cc1)C1CCCC1. The van der Waals surface area contributed by atoms with E-state index >= 15 is 0 Å². The fourth-order valence-corrected chi connectivity index (χ4v) is 4.77. The third kappa shape index (κ3) is 5.80. The average molecular weight is 454 g/mol. The first-order chi connectivity index (χ1) is 16.0. The maximum absolute atomic E-state index is 12.5. The van der Waals surface area contributed by atoms with Crippen LogP contribution in [0.4, 0.5) is 4.79 Å². The minimum Gasteiger partial charge on any atom is -0.490 e. The number of hydrogen-bond donors (Lipinski definition) is 1. The molecule has 2 aromatic rings. The molecule has 2 aliphatic carbocycles. The second-order valence-corrected chi connectivity index (χ2v) is 8.97. The van der Waals surface area contributed by atoms with E-state index in [-0.39, 0.29) is 30.8 Å². The van der Waals surface area contributed by atoms with Crippen LogP contribution in [0.3, 0.4) is 0 Å².